The Hall–Kier alpha value is -3.56. The number of Topliss-reactive ketones (excluding diaryl/α,β-unsaturated/α-hetero) is 2. The molecule has 200 valence electrons. The summed E-state index contributed by atoms with van der Waals surface area (Å²) < 4.78 is 0. The first-order valence-corrected chi connectivity index (χ1v) is 12.4. The highest BCUT2D eigenvalue weighted by atomic mass is 16.3. The minimum Gasteiger partial charge on any atom is -0.510 e. The van der Waals surface area contributed by atoms with Gasteiger partial charge in [-0.25, -0.2) is 0 Å². The van der Waals surface area contributed by atoms with Crippen molar-refractivity contribution in [3.63, 3.8) is 0 Å². The molecule has 2 amide bonds. The number of hydrogen-bond acceptors (Lipinski definition) is 7. The van der Waals surface area contributed by atoms with Crippen molar-refractivity contribution in [3.8, 4) is 0 Å². The smallest absolute Gasteiger partial charge is 0.251 e. The van der Waals surface area contributed by atoms with Gasteiger partial charge in [0.15, 0.2) is 11.6 Å². The van der Waals surface area contributed by atoms with Gasteiger partial charge in [-0.2, -0.15) is 0 Å². The third kappa shape index (κ3) is 8.80. The lowest BCUT2D eigenvalue weighted by molar-refractivity contribution is -0.125. The first kappa shape index (κ1) is 29.7. The zero-order valence-corrected chi connectivity index (χ0v) is 21.5. The highest BCUT2D eigenvalue weighted by molar-refractivity contribution is 6.04. The standard InChI is InChI=1S/C28H36N2O7/c1-4-5-10-18(2)15-19(3)27(36)29-20-17-28(37,24(34)16-23(20)33)14-9-7-6-8-11-25(35)30-26-21(31)12-13-22(26)32/h6-9,11,14-15,17-18,24,31,34,37H,4-5,10,12-13,16H2,1-3H3,(H,29,36)(H,30,35)/b7-6+,11-8+,14-9+,19-15+/t18-,24-,28+/m1/s1. The van der Waals surface area contributed by atoms with Crippen molar-refractivity contribution in [3.05, 3.63) is 71.3 Å². The molecule has 0 aromatic rings. The zero-order valence-electron chi connectivity index (χ0n) is 21.5. The van der Waals surface area contributed by atoms with Crippen molar-refractivity contribution in [1.82, 2.24) is 10.6 Å². The molecule has 0 aromatic heterocycles. The normalized spacial score (nSPS) is 23.9. The van der Waals surface area contributed by atoms with Crippen LogP contribution in [0.2, 0.25) is 0 Å². The number of aliphatic hydroxyl groups is 3. The Morgan fingerprint density at radius 1 is 1.14 bits per heavy atom. The molecule has 0 saturated heterocycles. The van der Waals surface area contributed by atoms with Gasteiger partial charge in [0.05, 0.1) is 11.8 Å². The third-order valence-corrected chi connectivity index (χ3v) is 6.09. The van der Waals surface area contributed by atoms with Gasteiger partial charge in [0.25, 0.3) is 5.91 Å². The van der Waals surface area contributed by atoms with Crippen LogP contribution in [0.1, 0.15) is 59.3 Å². The molecule has 0 spiro atoms. The molecule has 2 rings (SSSR count). The predicted molar refractivity (Wildman–Crippen MR) is 139 cm³/mol. The lowest BCUT2D eigenvalue weighted by atomic mass is 9.85. The summed E-state index contributed by atoms with van der Waals surface area (Å²) in [5.74, 6) is -1.77. The van der Waals surface area contributed by atoms with Crippen LogP contribution in [-0.4, -0.2) is 50.4 Å². The fourth-order valence-electron chi connectivity index (χ4n) is 3.89. The molecule has 0 radical (unpaired) electrons. The Labute approximate surface area is 217 Å². The van der Waals surface area contributed by atoms with E-state index >= 15 is 0 Å². The van der Waals surface area contributed by atoms with E-state index < -0.39 is 29.3 Å². The molecule has 2 aliphatic carbocycles. The molecular formula is C28H36N2O7. The summed E-state index contributed by atoms with van der Waals surface area (Å²) in [6.07, 6.45) is 12.8. The van der Waals surface area contributed by atoms with Crippen molar-refractivity contribution in [2.75, 3.05) is 0 Å². The molecule has 0 bridgehead atoms. The monoisotopic (exact) mass is 512 g/mol. The van der Waals surface area contributed by atoms with Crippen LogP contribution in [0.3, 0.4) is 0 Å². The third-order valence-electron chi connectivity index (χ3n) is 6.09. The molecule has 3 atom stereocenters. The summed E-state index contributed by atoms with van der Waals surface area (Å²) in [6, 6.07) is 0. The minimum atomic E-state index is -1.89. The minimum absolute atomic E-state index is 0.0871. The molecule has 37 heavy (non-hydrogen) atoms. The quantitative estimate of drug-likeness (QED) is 0.211. The molecule has 9 nitrogen and oxygen atoms in total. The van der Waals surface area contributed by atoms with E-state index in [0.717, 1.165) is 31.4 Å². The fourth-order valence-corrected chi connectivity index (χ4v) is 3.89. The number of allylic oxidation sites excluding steroid dienone is 8. The maximum atomic E-state index is 12.6. The van der Waals surface area contributed by atoms with E-state index in [0.29, 0.717) is 5.57 Å². The van der Waals surface area contributed by atoms with Gasteiger partial charge in [-0.1, -0.05) is 57.1 Å². The Bertz CT molecular complexity index is 1090. The molecule has 0 unspecified atom stereocenters. The maximum absolute atomic E-state index is 12.6. The van der Waals surface area contributed by atoms with Gasteiger partial charge in [0.1, 0.15) is 17.1 Å². The summed E-state index contributed by atoms with van der Waals surface area (Å²) in [5.41, 5.74) is -1.60. The molecule has 0 aliphatic heterocycles. The van der Waals surface area contributed by atoms with Crippen LogP contribution in [-0.2, 0) is 19.2 Å². The summed E-state index contributed by atoms with van der Waals surface area (Å²) in [5, 5.41) is 35.6. The van der Waals surface area contributed by atoms with Crippen molar-refractivity contribution in [1.29, 1.82) is 0 Å². The lowest BCUT2D eigenvalue weighted by Crippen LogP contribution is -2.46. The number of nitrogens with one attached hydrogen (secondary N) is 2. The topological polar surface area (TPSA) is 153 Å². The first-order valence-electron chi connectivity index (χ1n) is 12.4. The Morgan fingerprint density at radius 3 is 2.49 bits per heavy atom. The molecule has 0 heterocycles. The Balaban J connectivity index is 2.01. The summed E-state index contributed by atoms with van der Waals surface area (Å²) in [4.78, 5) is 48.4. The number of carbonyl (C=O) groups excluding carboxylic acids is 4. The van der Waals surface area contributed by atoms with Crippen LogP contribution < -0.4 is 10.6 Å². The second-order valence-electron chi connectivity index (χ2n) is 9.35. The number of ketones is 2. The number of aliphatic hydroxyl groups excluding tert-OH is 2. The van der Waals surface area contributed by atoms with E-state index in [1.54, 1.807) is 6.92 Å². The maximum Gasteiger partial charge on any atom is 0.251 e. The SMILES string of the molecule is CCCC[C@@H](C)/C=C(\C)C(=O)NC1=C[C@@](O)(/C=C/C=C/C=C/C(=O)NC2=C(O)CCC2=O)[C@H](O)CC1=O. The summed E-state index contributed by atoms with van der Waals surface area (Å²) in [7, 11) is 0. The van der Waals surface area contributed by atoms with Gasteiger partial charge in [-0.15, -0.1) is 0 Å². The van der Waals surface area contributed by atoms with Crippen LogP contribution in [0.15, 0.2) is 71.3 Å². The van der Waals surface area contributed by atoms with E-state index in [9.17, 15) is 34.5 Å². The van der Waals surface area contributed by atoms with Crippen LogP contribution in [0.4, 0.5) is 0 Å². The van der Waals surface area contributed by atoms with Gasteiger partial charge in [0, 0.05) is 30.9 Å². The number of amides is 2. The van der Waals surface area contributed by atoms with Crippen LogP contribution in [0.25, 0.3) is 0 Å². The van der Waals surface area contributed by atoms with E-state index in [4.69, 9.17) is 0 Å². The number of unbranched alkanes of at least 4 members (excludes halogenated alkanes) is 1. The average molecular weight is 513 g/mol. The van der Waals surface area contributed by atoms with E-state index in [1.807, 2.05) is 13.0 Å². The van der Waals surface area contributed by atoms with E-state index in [2.05, 4.69) is 17.6 Å². The van der Waals surface area contributed by atoms with E-state index in [1.165, 1.54) is 30.4 Å². The van der Waals surface area contributed by atoms with Crippen molar-refractivity contribution < 1.29 is 34.5 Å². The second kappa shape index (κ2) is 13.7. The van der Waals surface area contributed by atoms with Gasteiger partial charge in [-0.05, 0) is 31.4 Å². The molecular weight excluding hydrogens is 476 g/mol. The highest BCUT2D eigenvalue weighted by Gasteiger charge is 2.39. The molecule has 5 N–H and O–H groups in total. The van der Waals surface area contributed by atoms with Crippen LogP contribution in [0, 0.1) is 5.92 Å². The molecule has 0 fully saturated rings. The second-order valence-corrected chi connectivity index (χ2v) is 9.35. The molecule has 2 aliphatic rings. The van der Waals surface area contributed by atoms with Crippen molar-refractivity contribution >= 4 is 23.4 Å². The van der Waals surface area contributed by atoms with Gasteiger partial charge in [0.2, 0.25) is 5.91 Å². The lowest BCUT2D eigenvalue weighted by Gasteiger charge is -2.31. The predicted octanol–water partition coefficient (Wildman–Crippen LogP) is 2.74. The Morgan fingerprint density at radius 2 is 1.84 bits per heavy atom. The van der Waals surface area contributed by atoms with Gasteiger partial charge >= 0.3 is 0 Å². The fraction of sp³-hybridized carbons (Fsp3) is 0.429. The number of rotatable bonds is 11. The first-order chi connectivity index (χ1) is 17.5. The molecule has 9 heteroatoms. The summed E-state index contributed by atoms with van der Waals surface area (Å²) in [6.45, 7) is 5.78. The van der Waals surface area contributed by atoms with Crippen molar-refractivity contribution in [2.45, 2.75) is 71.0 Å². The van der Waals surface area contributed by atoms with E-state index in [-0.39, 0.29) is 48.1 Å². The number of carbonyl (C=O) groups is 4. The van der Waals surface area contributed by atoms with Crippen LogP contribution >= 0.6 is 0 Å². The van der Waals surface area contributed by atoms with Crippen molar-refractivity contribution in [2.24, 2.45) is 5.92 Å². The van der Waals surface area contributed by atoms with Gasteiger partial charge in [-0.3, -0.25) is 19.2 Å². The van der Waals surface area contributed by atoms with Crippen LogP contribution in [0.5, 0.6) is 0 Å². The Kier molecular flexibility index (Phi) is 11.0. The largest absolute Gasteiger partial charge is 0.510 e. The molecule has 0 aromatic carbocycles. The average Bonchev–Trinajstić information content (AvgIpc) is 3.15. The van der Waals surface area contributed by atoms with Gasteiger partial charge < -0.3 is 26.0 Å². The number of hydrogen-bond donors (Lipinski definition) is 5. The summed E-state index contributed by atoms with van der Waals surface area (Å²) >= 11 is 0. The highest BCUT2D eigenvalue weighted by Crippen LogP contribution is 2.26. The zero-order chi connectivity index (χ0) is 27.6. The molecule has 0 saturated carbocycles.